The molecule has 168 valence electrons. The van der Waals surface area contributed by atoms with Gasteiger partial charge in [-0.2, -0.15) is 0 Å². The van der Waals surface area contributed by atoms with E-state index in [9.17, 15) is 19.1 Å². The van der Waals surface area contributed by atoms with Crippen LogP contribution < -0.4 is 4.74 Å². The number of benzene rings is 2. The van der Waals surface area contributed by atoms with Gasteiger partial charge in [-0.25, -0.2) is 4.39 Å². The highest BCUT2D eigenvalue weighted by Gasteiger charge is 2.46. The molecule has 0 radical (unpaired) electrons. The van der Waals surface area contributed by atoms with Crippen LogP contribution in [0.2, 0.25) is 10.0 Å². The standard InChI is InChI=1S/C24H17Cl2FN2O4/c1-33-23-17(25)9-15(10-18(23)26)21(30)19-20(14-3-2-8-28-11-14)29(24(32)22(19)31)12-13-4-6-16(27)7-5-13/h2-11,20,30H,12H2,1H3/b21-19+. The average molecular weight is 487 g/mol. The third-order valence-electron chi connectivity index (χ3n) is 5.28. The van der Waals surface area contributed by atoms with Gasteiger partial charge in [-0.1, -0.05) is 41.4 Å². The van der Waals surface area contributed by atoms with Gasteiger partial charge in [0, 0.05) is 24.5 Å². The monoisotopic (exact) mass is 486 g/mol. The number of Topliss-reactive ketones (excluding diaryl/α,β-unsaturated/α-hetero) is 1. The average Bonchev–Trinajstić information content (AvgIpc) is 3.05. The Labute approximate surface area is 198 Å². The van der Waals surface area contributed by atoms with Crippen molar-refractivity contribution in [2.45, 2.75) is 12.6 Å². The van der Waals surface area contributed by atoms with Gasteiger partial charge in [0.1, 0.15) is 11.6 Å². The van der Waals surface area contributed by atoms with Crippen molar-refractivity contribution in [2.75, 3.05) is 7.11 Å². The van der Waals surface area contributed by atoms with Crippen molar-refractivity contribution in [1.82, 2.24) is 9.88 Å². The molecular formula is C24H17Cl2FN2O4. The molecule has 2 aromatic carbocycles. The minimum absolute atomic E-state index is 0.0192. The number of halogens is 3. The summed E-state index contributed by atoms with van der Waals surface area (Å²) in [4.78, 5) is 31.5. The van der Waals surface area contributed by atoms with Gasteiger partial charge in [0.15, 0.2) is 5.75 Å². The smallest absolute Gasteiger partial charge is 0.295 e. The molecule has 33 heavy (non-hydrogen) atoms. The van der Waals surface area contributed by atoms with E-state index >= 15 is 0 Å². The van der Waals surface area contributed by atoms with Crippen LogP contribution in [-0.4, -0.2) is 33.8 Å². The van der Waals surface area contributed by atoms with E-state index in [0.29, 0.717) is 11.1 Å². The van der Waals surface area contributed by atoms with Crippen molar-refractivity contribution in [3.8, 4) is 5.75 Å². The summed E-state index contributed by atoms with van der Waals surface area (Å²) in [6.45, 7) is 0.0192. The Balaban J connectivity index is 1.86. The zero-order valence-electron chi connectivity index (χ0n) is 17.3. The van der Waals surface area contributed by atoms with Crippen molar-refractivity contribution in [1.29, 1.82) is 0 Å². The summed E-state index contributed by atoms with van der Waals surface area (Å²) >= 11 is 12.4. The molecule has 2 heterocycles. The molecular weight excluding hydrogens is 470 g/mol. The first-order chi connectivity index (χ1) is 15.8. The van der Waals surface area contributed by atoms with E-state index in [2.05, 4.69) is 4.98 Å². The minimum Gasteiger partial charge on any atom is -0.507 e. The number of ether oxygens (including phenoxy) is 1. The van der Waals surface area contributed by atoms with Crippen LogP contribution >= 0.6 is 23.2 Å². The van der Waals surface area contributed by atoms with Crippen LogP contribution in [-0.2, 0) is 16.1 Å². The first kappa shape index (κ1) is 22.8. The molecule has 0 spiro atoms. The van der Waals surface area contributed by atoms with Crippen LogP contribution in [0.25, 0.3) is 5.76 Å². The van der Waals surface area contributed by atoms with E-state index in [-0.39, 0.29) is 33.5 Å². The summed E-state index contributed by atoms with van der Waals surface area (Å²) in [6.07, 6.45) is 3.06. The molecule has 1 aromatic heterocycles. The van der Waals surface area contributed by atoms with Gasteiger partial charge >= 0.3 is 0 Å². The topological polar surface area (TPSA) is 79.7 Å². The third-order valence-corrected chi connectivity index (χ3v) is 5.84. The highest BCUT2D eigenvalue weighted by atomic mass is 35.5. The van der Waals surface area contributed by atoms with Crippen LogP contribution in [0.1, 0.15) is 22.7 Å². The molecule has 0 bridgehead atoms. The third kappa shape index (κ3) is 4.29. The quantitative estimate of drug-likeness (QED) is 0.306. The number of aliphatic hydroxyl groups is 1. The highest BCUT2D eigenvalue weighted by molar-refractivity contribution is 6.46. The molecule has 1 atom stereocenters. The molecule has 0 aliphatic carbocycles. The Kier molecular flexibility index (Phi) is 6.35. The van der Waals surface area contributed by atoms with Gasteiger partial charge in [-0.15, -0.1) is 0 Å². The molecule has 1 fully saturated rings. The van der Waals surface area contributed by atoms with E-state index in [1.165, 1.54) is 54.6 Å². The van der Waals surface area contributed by atoms with Crippen molar-refractivity contribution >= 4 is 40.7 Å². The Morgan fingerprint density at radius 2 is 1.82 bits per heavy atom. The summed E-state index contributed by atoms with van der Waals surface area (Å²) in [6, 6.07) is 10.8. The molecule has 6 nitrogen and oxygen atoms in total. The van der Waals surface area contributed by atoms with Crippen molar-refractivity contribution in [3.63, 3.8) is 0 Å². The Hall–Kier alpha value is -3.42. The molecule has 1 amide bonds. The SMILES string of the molecule is COc1c(Cl)cc(/C(O)=C2\C(=O)C(=O)N(Cc3ccc(F)cc3)C2c2cccnc2)cc1Cl. The summed E-state index contributed by atoms with van der Waals surface area (Å²) < 4.78 is 18.5. The maximum absolute atomic E-state index is 13.3. The number of aliphatic hydroxyl groups excluding tert-OH is 1. The first-order valence-electron chi connectivity index (χ1n) is 9.78. The van der Waals surface area contributed by atoms with Gasteiger partial charge in [0.05, 0.1) is 28.8 Å². The van der Waals surface area contributed by atoms with Crippen LogP contribution in [0, 0.1) is 5.82 Å². The van der Waals surface area contributed by atoms with E-state index < -0.39 is 29.3 Å². The molecule has 1 unspecified atom stereocenters. The van der Waals surface area contributed by atoms with E-state index in [4.69, 9.17) is 27.9 Å². The largest absolute Gasteiger partial charge is 0.507 e. The first-order valence-corrected chi connectivity index (χ1v) is 10.5. The fourth-order valence-corrected chi connectivity index (χ4v) is 4.40. The number of pyridine rings is 1. The zero-order valence-corrected chi connectivity index (χ0v) is 18.8. The lowest BCUT2D eigenvalue weighted by molar-refractivity contribution is -0.140. The number of carbonyl (C=O) groups is 2. The normalized spacial score (nSPS) is 17.5. The molecule has 9 heteroatoms. The number of methoxy groups -OCH3 is 1. The minimum atomic E-state index is -0.927. The fourth-order valence-electron chi connectivity index (χ4n) is 3.76. The highest BCUT2D eigenvalue weighted by Crippen LogP contribution is 2.42. The second kappa shape index (κ2) is 9.21. The zero-order chi connectivity index (χ0) is 23.7. The molecule has 1 aliphatic rings. The lowest BCUT2D eigenvalue weighted by Gasteiger charge is -2.25. The Bertz CT molecular complexity index is 1240. The second-order valence-electron chi connectivity index (χ2n) is 7.31. The number of carbonyl (C=O) groups excluding carboxylic acids is 2. The molecule has 1 aliphatic heterocycles. The van der Waals surface area contributed by atoms with Crippen LogP contribution in [0.3, 0.4) is 0 Å². The number of likely N-dealkylation sites (tertiary alicyclic amines) is 1. The van der Waals surface area contributed by atoms with E-state index in [1.54, 1.807) is 18.3 Å². The summed E-state index contributed by atoms with van der Waals surface area (Å²) in [5.74, 6) is -2.31. The van der Waals surface area contributed by atoms with Crippen LogP contribution in [0.5, 0.6) is 5.75 Å². The van der Waals surface area contributed by atoms with Crippen molar-refractivity contribution < 1.29 is 23.8 Å². The number of ketones is 1. The van der Waals surface area contributed by atoms with Gasteiger partial charge in [-0.05, 0) is 41.5 Å². The predicted octanol–water partition coefficient (Wildman–Crippen LogP) is 5.16. The maximum atomic E-state index is 13.3. The molecule has 0 saturated carbocycles. The number of hydrogen-bond donors (Lipinski definition) is 1. The summed E-state index contributed by atoms with van der Waals surface area (Å²) in [5.41, 5.74) is 1.15. The Morgan fingerprint density at radius 3 is 2.39 bits per heavy atom. The summed E-state index contributed by atoms with van der Waals surface area (Å²) in [7, 11) is 1.40. The van der Waals surface area contributed by atoms with Gasteiger partial charge in [0.2, 0.25) is 0 Å². The number of hydrogen-bond acceptors (Lipinski definition) is 5. The lowest BCUT2D eigenvalue weighted by Crippen LogP contribution is -2.29. The summed E-state index contributed by atoms with van der Waals surface area (Å²) in [5, 5.41) is 11.4. The van der Waals surface area contributed by atoms with Crippen LogP contribution in [0.15, 0.2) is 66.5 Å². The van der Waals surface area contributed by atoms with Gasteiger partial charge in [0.25, 0.3) is 11.7 Å². The molecule has 3 aromatic rings. The number of amides is 1. The van der Waals surface area contributed by atoms with Crippen molar-refractivity contribution in [2.24, 2.45) is 0 Å². The molecule has 4 rings (SSSR count). The molecule has 1 N–H and O–H groups in total. The fraction of sp³-hybridized carbons (Fsp3) is 0.125. The van der Waals surface area contributed by atoms with Gasteiger partial charge < -0.3 is 14.7 Å². The number of rotatable bonds is 5. The van der Waals surface area contributed by atoms with E-state index in [0.717, 1.165) is 0 Å². The van der Waals surface area contributed by atoms with Crippen LogP contribution in [0.4, 0.5) is 4.39 Å². The van der Waals surface area contributed by atoms with Crippen molar-refractivity contribution in [3.05, 3.63) is 99.1 Å². The second-order valence-corrected chi connectivity index (χ2v) is 8.13. The van der Waals surface area contributed by atoms with Gasteiger partial charge in [-0.3, -0.25) is 14.6 Å². The lowest BCUT2D eigenvalue weighted by atomic mass is 9.96. The maximum Gasteiger partial charge on any atom is 0.295 e. The Morgan fingerprint density at radius 1 is 1.15 bits per heavy atom. The molecule has 1 saturated heterocycles. The van der Waals surface area contributed by atoms with E-state index in [1.807, 2.05) is 0 Å². The predicted molar refractivity (Wildman–Crippen MR) is 121 cm³/mol. The number of nitrogens with zero attached hydrogens (tertiary/aromatic N) is 2. The number of aromatic nitrogens is 1.